The Hall–Kier alpha value is -4.40. The first-order valence-corrected chi connectivity index (χ1v) is 11.9. The Kier molecular flexibility index (Phi) is 7.71. The average Bonchev–Trinajstić information content (AvgIpc) is 3.18. The molecule has 2 amide bonds. The van der Waals surface area contributed by atoms with Gasteiger partial charge in [0.25, 0.3) is 11.8 Å². The molecule has 2 N–H and O–H groups in total. The van der Waals surface area contributed by atoms with Gasteiger partial charge in [0.15, 0.2) is 23.0 Å². The molecular weight excluding hydrogens is 474 g/mol. The molecule has 1 heterocycles. The molecule has 0 saturated heterocycles. The number of hydrogen-bond donors (Lipinski definition) is 2. The van der Waals surface area contributed by atoms with Crippen LogP contribution in [0.1, 0.15) is 45.8 Å². The number of carbonyl (C=O) groups is 2. The lowest BCUT2D eigenvalue weighted by molar-refractivity contribution is 0.0743. The third kappa shape index (κ3) is 5.11. The van der Waals surface area contributed by atoms with Gasteiger partial charge < -0.3 is 34.5 Å². The Morgan fingerprint density at radius 3 is 2.00 bits per heavy atom. The van der Waals surface area contributed by atoms with Crippen LogP contribution in [0, 0.1) is 0 Å². The topological polar surface area (TPSA) is 98.4 Å². The minimum atomic E-state index is -0.386. The van der Waals surface area contributed by atoms with Crippen molar-refractivity contribution in [2.75, 3.05) is 45.6 Å². The summed E-state index contributed by atoms with van der Waals surface area (Å²) in [5, 5.41) is 6.30. The molecule has 37 heavy (non-hydrogen) atoms. The SMILES string of the molecule is CCCN1C(=O)c2cc(C(=O)Nc3ccc(OC)c(OC)c3)ccc2[C@@H]1Nc1ccc(OC)c(OC)c1. The van der Waals surface area contributed by atoms with E-state index in [2.05, 4.69) is 10.6 Å². The summed E-state index contributed by atoms with van der Waals surface area (Å²) in [5.41, 5.74) is 3.00. The number of nitrogens with zero attached hydrogens (tertiary/aromatic N) is 1. The van der Waals surface area contributed by atoms with Gasteiger partial charge in [-0.05, 0) is 42.8 Å². The van der Waals surface area contributed by atoms with E-state index in [0.29, 0.717) is 46.4 Å². The molecule has 1 atom stereocenters. The highest BCUT2D eigenvalue weighted by molar-refractivity contribution is 6.07. The van der Waals surface area contributed by atoms with Crippen molar-refractivity contribution in [1.82, 2.24) is 4.90 Å². The van der Waals surface area contributed by atoms with E-state index in [0.717, 1.165) is 17.7 Å². The zero-order valence-corrected chi connectivity index (χ0v) is 21.6. The summed E-state index contributed by atoms with van der Waals surface area (Å²) < 4.78 is 21.3. The zero-order chi connectivity index (χ0) is 26.5. The fourth-order valence-corrected chi connectivity index (χ4v) is 4.39. The van der Waals surface area contributed by atoms with Crippen LogP contribution in [-0.2, 0) is 0 Å². The Morgan fingerprint density at radius 1 is 0.811 bits per heavy atom. The van der Waals surface area contributed by atoms with Gasteiger partial charge in [-0.2, -0.15) is 0 Å². The van der Waals surface area contributed by atoms with Crippen molar-refractivity contribution in [2.24, 2.45) is 0 Å². The molecule has 3 aromatic rings. The molecule has 0 aliphatic carbocycles. The quantitative estimate of drug-likeness (QED) is 0.402. The summed E-state index contributed by atoms with van der Waals surface area (Å²) >= 11 is 0. The van der Waals surface area contributed by atoms with Crippen molar-refractivity contribution in [1.29, 1.82) is 0 Å². The van der Waals surface area contributed by atoms with Crippen LogP contribution >= 0.6 is 0 Å². The monoisotopic (exact) mass is 505 g/mol. The van der Waals surface area contributed by atoms with Gasteiger partial charge in [0.2, 0.25) is 0 Å². The van der Waals surface area contributed by atoms with Crippen molar-refractivity contribution in [3.8, 4) is 23.0 Å². The van der Waals surface area contributed by atoms with Crippen molar-refractivity contribution in [3.63, 3.8) is 0 Å². The number of amides is 2. The highest BCUT2D eigenvalue weighted by Gasteiger charge is 2.36. The summed E-state index contributed by atoms with van der Waals surface area (Å²) in [6, 6.07) is 15.8. The summed E-state index contributed by atoms with van der Waals surface area (Å²) in [6.07, 6.45) is 0.403. The molecule has 0 aromatic heterocycles. The Bertz CT molecular complexity index is 1310. The third-order valence-corrected chi connectivity index (χ3v) is 6.21. The van der Waals surface area contributed by atoms with E-state index < -0.39 is 0 Å². The largest absolute Gasteiger partial charge is 0.493 e. The summed E-state index contributed by atoms with van der Waals surface area (Å²) in [7, 11) is 6.24. The molecule has 9 nitrogen and oxygen atoms in total. The first-order valence-electron chi connectivity index (χ1n) is 11.9. The van der Waals surface area contributed by atoms with E-state index in [1.54, 1.807) is 56.6 Å². The molecule has 0 fully saturated rings. The van der Waals surface area contributed by atoms with Crippen LogP contribution in [0.2, 0.25) is 0 Å². The first kappa shape index (κ1) is 25.7. The van der Waals surface area contributed by atoms with Crippen molar-refractivity contribution >= 4 is 23.2 Å². The maximum atomic E-state index is 13.4. The van der Waals surface area contributed by atoms with Crippen LogP contribution < -0.4 is 29.6 Å². The molecule has 0 saturated carbocycles. The van der Waals surface area contributed by atoms with E-state index in [4.69, 9.17) is 18.9 Å². The van der Waals surface area contributed by atoms with Crippen molar-refractivity contribution in [2.45, 2.75) is 19.5 Å². The minimum Gasteiger partial charge on any atom is -0.493 e. The number of rotatable bonds is 10. The van der Waals surface area contributed by atoms with Crippen LogP contribution in [0.3, 0.4) is 0 Å². The van der Waals surface area contributed by atoms with E-state index in [9.17, 15) is 9.59 Å². The highest BCUT2D eigenvalue weighted by Crippen LogP contribution is 2.37. The normalized spacial score (nSPS) is 14.1. The van der Waals surface area contributed by atoms with Crippen LogP contribution in [0.15, 0.2) is 54.6 Å². The molecule has 3 aromatic carbocycles. The van der Waals surface area contributed by atoms with Gasteiger partial charge in [-0.15, -0.1) is 0 Å². The predicted molar refractivity (Wildman–Crippen MR) is 141 cm³/mol. The van der Waals surface area contributed by atoms with Gasteiger partial charge in [0.05, 0.1) is 28.4 Å². The Morgan fingerprint density at radius 2 is 1.41 bits per heavy atom. The second-order valence-corrected chi connectivity index (χ2v) is 8.44. The predicted octanol–water partition coefficient (Wildman–Crippen LogP) is 4.95. The standard InChI is InChI=1S/C28H31N3O6/c1-6-13-31-26(29-18-8-11-22(34-2)24(15-18)36-4)20-10-7-17(14-21(20)28(31)33)27(32)30-19-9-12-23(35-3)25(16-19)37-5/h7-12,14-16,26,29H,6,13H2,1-5H3,(H,30,32)/t26-/m1/s1. The molecule has 0 unspecified atom stereocenters. The van der Waals surface area contributed by atoms with Crippen LogP contribution in [0.25, 0.3) is 0 Å². The number of benzene rings is 3. The second kappa shape index (κ2) is 11.1. The van der Waals surface area contributed by atoms with Crippen molar-refractivity contribution < 1.29 is 28.5 Å². The van der Waals surface area contributed by atoms with E-state index in [1.165, 1.54) is 7.11 Å². The summed E-state index contributed by atoms with van der Waals surface area (Å²) in [5.74, 6) is 1.81. The number of carbonyl (C=O) groups excluding carboxylic acids is 2. The van der Waals surface area contributed by atoms with Gasteiger partial charge in [0.1, 0.15) is 6.17 Å². The molecule has 0 radical (unpaired) electrons. The number of nitrogens with one attached hydrogen (secondary N) is 2. The lowest BCUT2D eigenvalue weighted by Crippen LogP contribution is -2.32. The lowest BCUT2D eigenvalue weighted by Gasteiger charge is -2.27. The van der Waals surface area contributed by atoms with Crippen LogP contribution in [0.4, 0.5) is 11.4 Å². The first-order chi connectivity index (χ1) is 17.9. The third-order valence-electron chi connectivity index (χ3n) is 6.21. The number of anilines is 2. The van der Waals surface area contributed by atoms with Gasteiger partial charge >= 0.3 is 0 Å². The average molecular weight is 506 g/mol. The minimum absolute atomic E-state index is 0.129. The zero-order valence-electron chi connectivity index (χ0n) is 21.6. The number of methoxy groups -OCH3 is 4. The fourth-order valence-electron chi connectivity index (χ4n) is 4.39. The van der Waals surface area contributed by atoms with Crippen LogP contribution in [-0.4, -0.2) is 51.7 Å². The van der Waals surface area contributed by atoms with Gasteiger partial charge in [-0.3, -0.25) is 9.59 Å². The molecule has 194 valence electrons. The molecule has 9 heteroatoms. The fraction of sp³-hybridized carbons (Fsp3) is 0.286. The molecule has 0 bridgehead atoms. The maximum absolute atomic E-state index is 13.4. The smallest absolute Gasteiger partial charge is 0.256 e. The maximum Gasteiger partial charge on any atom is 0.256 e. The van der Waals surface area contributed by atoms with E-state index in [-0.39, 0.29) is 18.0 Å². The molecule has 1 aliphatic rings. The second-order valence-electron chi connectivity index (χ2n) is 8.44. The van der Waals surface area contributed by atoms with Gasteiger partial charge in [0, 0.05) is 46.7 Å². The summed E-state index contributed by atoms with van der Waals surface area (Å²) in [6.45, 7) is 2.58. The number of fused-ring (bicyclic) bond motifs is 1. The van der Waals surface area contributed by atoms with Gasteiger partial charge in [-0.25, -0.2) is 0 Å². The number of ether oxygens (including phenoxy) is 4. The van der Waals surface area contributed by atoms with E-state index in [1.807, 2.05) is 31.2 Å². The molecule has 4 rings (SSSR count). The van der Waals surface area contributed by atoms with Crippen molar-refractivity contribution in [3.05, 3.63) is 71.3 Å². The Labute approximate surface area is 216 Å². The van der Waals surface area contributed by atoms with E-state index >= 15 is 0 Å². The number of hydrogen-bond acceptors (Lipinski definition) is 7. The molecule has 1 aliphatic heterocycles. The summed E-state index contributed by atoms with van der Waals surface area (Å²) in [4.78, 5) is 28.2. The molecule has 0 spiro atoms. The Balaban J connectivity index is 1.61. The molecular formula is C28H31N3O6. The highest BCUT2D eigenvalue weighted by atomic mass is 16.5. The van der Waals surface area contributed by atoms with Crippen LogP contribution in [0.5, 0.6) is 23.0 Å². The lowest BCUT2D eigenvalue weighted by atomic mass is 10.0. The van der Waals surface area contributed by atoms with Gasteiger partial charge in [-0.1, -0.05) is 13.0 Å².